The molecule has 1 unspecified atom stereocenters. The van der Waals surface area contributed by atoms with Gasteiger partial charge in [-0.05, 0) is 42.5 Å². The van der Waals surface area contributed by atoms with E-state index in [9.17, 15) is 9.59 Å². The summed E-state index contributed by atoms with van der Waals surface area (Å²) < 4.78 is 6.58. The van der Waals surface area contributed by atoms with Crippen molar-refractivity contribution in [3.8, 4) is 5.75 Å². The number of hydrogen-bond acceptors (Lipinski definition) is 3. The number of nitrogens with one attached hydrogen (secondary N) is 1. The number of benzene rings is 1. The van der Waals surface area contributed by atoms with Crippen molar-refractivity contribution in [3.63, 3.8) is 0 Å². The first-order valence-corrected chi connectivity index (χ1v) is 7.76. The summed E-state index contributed by atoms with van der Waals surface area (Å²) in [6.07, 6.45) is 3.85. The van der Waals surface area contributed by atoms with Gasteiger partial charge in [0.05, 0.1) is 13.2 Å². The molecule has 1 aromatic heterocycles. The third-order valence-electron chi connectivity index (χ3n) is 4.10. The summed E-state index contributed by atoms with van der Waals surface area (Å²) >= 11 is 0. The van der Waals surface area contributed by atoms with E-state index in [1.807, 2.05) is 24.3 Å². The van der Waals surface area contributed by atoms with Crippen LogP contribution in [-0.2, 0) is 11.3 Å². The Hall–Kier alpha value is -2.56. The molecular weight excluding hydrogens is 292 g/mol. The maximum atomic E-state index is 12.3. The van der Waals surface area contributed by atoms with E-state index in [0.717, 1.165) is 24.2 Å². The van der Waals surface area contributed by atoms with Gasteiger partial charge in [-0.25, -0.2) is 0 Å². The van der Waals surface area contributed by atoms with E-state index in [1.54, 1.807) is 25.4 Å². The van der Waals surface area contributed by atoms with Gasteiger partial charge in [0.2, 0.25) is 5.91 Å². The van der Waals surface area contributed by atoms with E-state index < -0.39 is 0 Å². The zero-order chi connectivity index (χ0) is 16.2. The van der Waals surface area contributed by atoms with Crippen LogP contribution in [-0.4, -0.2) is 17.6 Å². The average Bonchev–Trinajstić information content (AvgIpc) is 3.40. The lowest BCUT2D eigenvalue weighted by Crippen LogP contribution is -2.35. The Morgan fingerprint density at radius 2 is 2.00 bits per heavy atom. The maximum Gasteiger partial charge on any atom is 0.250 e. The Bertz CT molecular complexity index is 732. The summed E-state index contributed by atoms with van der Waals surface area (Å²) in [5.74, 6) is 1.12. The molecule has 0 bridgehead atoms. The third-order valence-corrected chi connectivity index (χ3v) is 4.10. The molecule has 1 atom stereocenters. The first-order valence-electron chi connectivity index (χ1n) is 7.76. The van der Waals surface area contributed by atoms with Crippen LogP contribution >= 0.6 is 0 Å². The summed E-state index contributed by atoms with van der Waals surface area (Å²) in [6.45, 7) is 0.0407. The molecule has 2 aromatic rings. The van der Waals surface area contributed by atoms with Gasteiger partial charge in [-0.1, -0.05) is 18.2 Å². The fraction of sp³-hybridized carbons (Fsp3) is 0.333. The predicted molar refractivity (Wildman–Crippen MR) is 87.3 cm³/mol. The third kappa shape index (κ3) is 3.80. The Morgan fingerprint density at radius 3 is 2.61 bits per heavy atom. The minimum absolute atomic E-state index is 0.00665. The highest BCUT2D eigenvalue weighted by atomic mass is 16.5. The van der Waals surface area contributed by atoms with Gasteiger partial charge >= 0.3 is 0 Å². The quantitative estimate of drug-likeness (QED) is 0.889. The van der Waals surface area contributed by atoms with Crippen molar-refractivity contribution >= 4 is 5.91 Å². The first kappa shape index (κ1) is 15.3. The topological polar surface area (TPSA) is 60.3 Å². The second-order valence-corrected chi connectivity index (χ2v) is 5.82. The Morgan fingerprint density at radius 1 is 1.26 bits per heavy atom. The molecule has 120 valence electrons. The van der Waals surface area contributed by atoms with Gasteiger partial charge in [-0.2, -0.15) is 0 Å². The van der Waals surface area contributed by atoms with Crippen molar-refractivity contribution in [1.29, 1.82) is 0 Å². The zero-order valence-electron chi connectivity index (χ0n) is 13.1. The average molecular weight is 312 g/mol. The van der Waals surface area contributed by atoms with Crippen molar-refractivity contribution in [2.24, 2.45) is 5.92 Å². The molecule has 1 aliphatic rings. The van der Waals surface area contributed by atoms with Crippen molar-refractivity contribution in [3.05, 3.63) is 64.6 Å². The maximum absolute atomic E-state index is 12.3. The van der Waals surface area contributed by atoms with Gasteiger partial charge in [0.25, 0.3) is 5.56 Å². The summed E-state index contributed by atoms with van der Waals surface area (Å²) in [4.78, 5) is 24.0. The normalized spacial score (nSPS) is 15.0. The molecule has 5 nitrogen and oxygen atoms in total. The highest BCUT2D eigenvalue weighted by molar-refractivity contribution is 5.76. The number of amides is 1. The van der Waals surface area contributed by atoms with E-state index >= 15 is 0 Å². The molecule has 1 amide bonds. The molecule has 1 heterocycles. The predicted octanol–water partition coefficient (Wildman–Crippen LogP) is 2.12. The molecule has 0 aliphatic heterocycles. The van der Waals surface area contributed by atoms with Crippen LogP contribution in [0.1, 0.15) is 24.4 Å². The first-order chi connectivity index (χ1) is 11.2. The lowest BCUT2D eigenvalue weighted by atomic mass is 10.0. The number of ether oxygens (including phenoxy) is 1. The van der Waals surface area contributed by atoms with Crippen LogP contribution in [0.2, 0.25) is 0 Å². The highest BCUT2D eigenvalue weighted by Gasteiger charge is 2.33. The fourth-order valence-electron chi connectivity index (χ4n) is 2.68. The Kier molecular flexibility index (Phi) is 4.46. The Labute approximate surface area is 134 Å². The van der Waals surface area contributed by atoms with Crippen LogP contribution in [0.25, 0.3) is 0 Å². The molecule has 5 heteroatoms. The van der Waals surface area contributed by atoms with Crippen LogP contribution in [0.4, 0.5) is 0 Å². The lowest BCUT2D eigenvalue weighted by Gasteiger charge is -2.19. The summed E-state index contributed by atoms with van der Waals surface area (Å²) in [5, 5.41) is 3.07. The largest absolute Gasteiger partial charge is 0.497 e. The second-order valence-electron chi connectivity index (χ2n) is 5.82. The highest BCUT2D eigenvalue weighted by Crippen LogP contribution is 2.41. The van der Waals surface area contributed by atoms with Crippen LogP contribution in [0.3, 0.4) is 0 Å². The number of rotatable bonds is 6. The fourth-order valence-corrected chi connectivity index (χ4v) is 2.68. The molecule has 1 aromatic carbocycles. The van der Waals surface area contributed by atoms with E-state index in [2.05, 4.69) is 5.32 Å². The van der Waals surface area contributed by atoms with Crippen molar-refractivity contribution in [2.75, 3.05) is 7.11 Å². The molecule has 1 saturated carbocycles. The van der Waals surface area contributed by atoms with Crippen LogP contribution < -0.4 is 15.6 Å². The van der Waals surface area contributed by atoms with Crippen LogP contribution in [0, 0.1) is 5.92 Å². The minimum Gasteiger partial charge on any atom is -0.497 e. The minimum atomic E-state index is -0.171. The van der Waals surface area contributed by atoms with Crippen molar-refractivity contribution in [1.82, 2.24) is 9.88 Å². The van der Waals surface area contributed by atoms with Crippen molar-refractivity contribution in [2.45, 2.75) is 25.4 Å². The summed E-state index contributed by atoms with van der Waals surface area (Å²) in [7, 11) is 1.63. The Balaban J connectivity index is 1.71. The lowest BCUT2D eigenvalue weighted by molar-refractivity contribution is -0.122. The SMILES string of the molecule is COc1ccc(C(NC(=O)Cn2ccccc2=O)C2CC2)cc1. The number of hydrogen-bond donors (Lipinski definition) is 1. The van der Waals surface area contributed by atoms with Crippen LogP contribution in [0.15, 0.2) is 53.5 Å². The number of aromatic nitrogens is 1. The zero-order valence-corrected chi connectivity index (χ0v) is 13.1. The molecule has 23 heavy (non-hydrogen) atoms. The molecule has 1 aliphatic carbocycles. The second kappa shape index (κ2) is 6.69. The molecular formula is C18H20N2O3. The standard InChI is InChI=1S/C18H20N2O3/c1-23-15-9-7-14(8-10-15)18(13-5-6-13)19-16(21)12-20-11-3-2-4-17(20)22/h2-4,7-11,13,18H,5-6,12H2,1H3,(H,19,21). The monoisotopic (exact) mass is 312 g/mol. The van der Waals surface area contributed by atoms with E-state index in [0.29, 0.717) is 5.92 Å². The van der Waals surface area contributed by atoms with Gasteiger partial charge in [0, 0.05) is 12.3 Å². The number of methoxy groups -OCH3 is 1. The van der Waals surface area contributed by atoms with Crippen LogP contribution in [0.5, 0.6) is 5.75 Å². The molecule has 1 fully saturated rings. The molecule has 0 spiro atoms. The smallest absolute Gasteiger partial charge is 0.250 e. The van der Waals surface area contributed by atoms with Gasteiger partial charge in [0.15, 0.2) is 0 Å². The van der Waals surface area contributed by atoms with E-state index in [-0.39, 0.29) is 24.1 Å². The molecule has 3 rings (SSSR count). The summed E-state index contributed by atoms with van der Waals surface area (Å²) in [5.41, 5.74) is 0.900. The molecule has 1 N–H and O–H groups in total. The van der Waals surface area contributed by atoms with Gasteiger partial charge in [-0.3, -0.25) is 9.59 Å². The van der Waals surface area contributed by atoms with Gasteiger partial charge in [-0.15, -0.1) is 0 Å². The van der Waals surface area contributed by atoms with Gasteiger partial charge < -0.3 is 14.6 Å². The van der Waals surface area contributed by atoms with E-state index in [1.165, 1.54) is 10.6 Å². The van der Waals surface area contributed by atoms with Crippen molar-refractivity contribution < 1.29 is 9.53 Å². The molecule has 0 saturated heterocycles. The van der Waals surface area contributed by atoms with E-state index in [4.69, 9.17) is 4.74 Å². The summed E-state index contributed by atoms with van der Waals surface area (Å²) in [6, 6.07) is 12.6. The molecule has 0 radical (unpaired) electrons. The number of nitrogens with zero attached hydrogens (tertiary/aromatic N) is 1. The van der Waals surface area contributed by atoms with Gasteiger partial charge in [0.1, 0.15) is 12.3 Å². The number of carbonyl (C=O) groups is 1. The number of pyridine rings is 1. The number of carbonyl (C=O) groups excluding carboxylic acids is 1.